The second-order valence-electron chi connectivity index (χ2n) is 7.25. The average Bonchev–Trinajstić information content (AvgIpc) is 2.36. The van der Waals surface area contributed by atoms with Crippen LogP contribution in [0.3, 0.4) is 0 Å². The molecule has 3 atom stereocenters. The summed E-state index contributed by atoms with van der Waals surface area (Å²) >= 11 is 0. The minimum Gasteiger partial charge on any atom is -0.393 e. The molecule has 0 spiro atoms. The standard InChI is InChI=1S/C17H36N2O/c1-5-10-18-13-17(9-6-7-15(2)12-17)14-19(4)11-8-16(3)20/h15-16,18,20H,5-14H2,1-4H3. The van der Waals surface area contributed by atoms with Crippen LogP contribution in [0, 0.1) is 11.3 Å². The molecule has 1 fully saturated rings. The summed E-state index contributed by atoms with van der Waals surface area (Å²) in [6.45, 7) is 11.0. The van der Waals surface area contributed by atoms with E-state index in [1.54, 1.807) is 0 Å². The lowest BCUT2D eigenvalue weighted by molar-refractivity contribution is 0.0827. The van der Waals surface area contributed by atoms with Gasteiger partial charge in [-0.2, -0.15) is 0 Å². The lowest BCUT2D eigenvalue weighted by Crippen LogP contribution is -2.46. The van der Waals surface area contributed by atoms with Gasteiger partial charge in [-0.15, -0.1) is 0 Å². The zero-order chi connectivity index (χ0) is 15.0. The topological polar surface area (TPSA) is 35.5 Å². The van der Waals surface area contributed by atoms with E-state index >= 15 is 0 Å². The number of hydrogen-bond acceptors (Lipinski definition) is 3. The van der Waals surface area contributed by atoms with Crippen LogP contribution >= 0.6 is 0 Å². The van der Waals surface area contributed by atoms with E-state index in [-0.39, 0.29) is 6.10 Å². The third-order valence-corrected chi connectivity index (χ3v) is 4.65. The fourth-order valence-electron chi connectivity index (χ4n) is 3.72. The van der Waals surface area contributed by atoms with Crippen LogP contribution in [0.2, 0.25) is 0 Å². The Morgan fingerprint density at radius 2 is 2.20 bits per heavy atom. The highest BCUT2D eigenvalue weighted by molar-refractivity contribution is 4.89. The van der Waals surface area contributed by atoms with E-state index in [0.717, 1.165) is 32.0 Å². The number of hydrogen-bond donors (Lipinski definition) is 2. The van der Waals surface area contributed by atoms with Crippen molar-refractivity contribution in [2.45, 2.75) is 65.4 Å². The van der Waals surface area contributed by atoms with Crippen molar-refractivity contribution in [1.82, 2.24) is 10.2 Å². The van der Waals surface area contributed by atoms with Gasteiger partial charge in [-0.1, -0.05) is 26.7 Å². The molecule has 0 aromatic rings. The lowest BCUT2D eigenvalue weighted by atomic mass is 9.69. The minimum atomic E-state index is -0.183. The molecule has 1 aliphatic carbocycles. The zero-order valence-electron chi connectivity index (χ0n) is 14.1. The summed E-state index contributed by atoms with van der Waals surface area (Å²) in [5.41, 5.74) is 0.445. The quantitative estimate of drug-likeness (QED) is 0.639. The third kappa shape index (κ3) is 6.55. The van der Waals surface area contributed by atoms with Gasteiger partial charge < -0.3 is 15.3 Å². The molecule has 0 heterocycles. The highest BCUT2D eigenvalue weighted by Gasteiger charge is 2.35. The number of aliphatic hydroxyl groups excluding tert-OH is 1. The van der Waals surface area contributed by atoms with Crippen molar-refractivity contribution in [3.05, 3.63) is 0 Å². The molecule has 0 bridgehead atoms. The van der Waals surface area contributed by atoms with Crippen LogP contribution in [0.4, 0.5) is 0 Å². The monoisotopic (exact) mass is 284 g/mol. The predicted octanol–water partition coefficient (Wildman–Crippen LogP) is 2.89. The van der Waals surface area contributed by atoms with Crippen LogP contribution in [-0.2, 0) is 0 Å². The fourth-order valence-corrected chi connectivity index (χ4v) is 3.72. The molecule has 3 nitrogen and oxygen atoms in total. The Hall–Kier alpha value is -0.120. The maximum absolute atomic E-state index is 9.45. The summed E-state index contributed by atoms with van der Waals surface area (Å²) in [5, 5.41) is 13.1. The van der Waals surface area contributed by atoms with Gasteiger partial charge >= 0.3 is 0 Å². The van der Waals surface area contributed by atoms with Gasteiger partial charge in [0.2, 0.25) is 0 Å². The molecule has 1 aliphatic rings. The first-order valence-corrected chi connectivity index (χ1v) is 8.55. The molecule has 0 radical (unpaired) electrons. The summed E-state index contributed by atoms with van der Waals surface area (Å²) in [6, 6.07) is 0. The summed E-state index contributed by atoms with van der Waals surface area (Å²) in [5.74, 6) is 0.859. The molecule has 20 heavy (non-hydrogen) atoms. The Balaban J connectivity index is 2.52. The molecule has 1 rings (SSSR count). The SMILES string of the molecule is CCCNCC1(CN(C)CCC(C)O)CCCC(C)C1. The molecule has 0 aromatic heterocycles. The molecule has 3 unspecified atom stereocenters. The number of nitrogens with zero attached hydrogens (tertiary/aromatic N) is 1. The molecule has 0 aromatic carbocycles. The van der Waals surface area contributed by atoms with Crippen LogP contribution < -0.4 is 5.32 Å². The van der Waals surface area contributed by atoms with Crippen LogP contribution in [0.5, 0.6) is 0 Å². The summed E-state index contributed by atoms with van der Waals surface area (Å²) in [7, 11) is 2.21. The van der Waals surface area contributed by atoms with Crippen LogP contribution in [-0.4, -0.2) is 49.3 Å². The molecule has 2 N–H and O–H groups in total. The van der Waals surface area contributed by atoms with Gasteiger partial charge in [0.05, 0.1) is 6.10 Å². The van der Waals surface area contributed by atoms with Gasteiger partial charge in [0.25, 0.3) is 0 Å². The van der Waals surface area contributed by atoms with Crippen molar-refractivity contribution in [1.29, 1.82) is 0 Å². The molecule has 0 aliphatic heterocycles. The van der Waals surface area contributed by atoms with E-state index in [2.05, 4.69) is 31.1 Å². The van der Waals surface area contributed by atoms with E-state index < -0.39 is 0 Å². The summed E-state index contributed by atoms with van der Waals surface area (Å²) in [4.78, 5) is 2.43. The van der Waals surface area contributed by atoms with Gasteiger partial charge in [0, 0.05) is 19.6 Å². The Bertz CT molecular complexity index is 257. The molecular formula is C17H36N2O. The Morgan fingerprint density at radius 3 is 2.80 bits per heavy atom. The van der Waals surface area contributed by atoms with E-state index in [4.69, 9.17) is 0 Å². The molecule has 1 saturated carbocycles. The van der Waals surface area contributed by atoms with E-state index in [0.29, 0.717) is 5.41 Å². The van der Waals surface area contributed by atoms with Crippen molar-refractivity contribution in [3.8, 4) is 0 Å². The molecule has 0 amide bonds. The van der Waals surface area contributed by atoms with Crippen molar-refractivity contribution < 1.29 is 5.11 Å². The van der Waals surface area contributed by atoms with Gasteiger partial charge in [-0.05, 0) is 57.5 Å². The van der Waals surface area contributed by atoms with Crippen molar-refractivity contribution in [2.24, 2.45) is 11.3 Å². The largest absolute Gasteiger partial charge is 0.393 e. The zero-order valence-corrected chi connectivity index (χ0v) is 14.1. The highest BCUT2D eigenvalue weighted by atomic mass is 16.3. The Labute approximate surface area is 126 Å². The van der Waals surface area contributed by atoms with Gasteiger partial charge in [-0.3, -0.25) is 0 Å². The summed E-state index contributed by atoms with van der Waals surface area (Å²) < 4.78 is 0. The van der Waals surface area contributed by atoms with E-state index in [1.807, 2.05) is 6.92 Å². The third-order valence-electron chi connectivity index (χ3n) is 4.65. The maximum atomic E-state index is 9.45. The number of aliphatic hydroxyl groups is 1. The fraction of sp³-hybridized carbons (Fsp3) is 1.00. The number of rotatable bonds is 9. The smallest absolute Gasteiger partial charge is 0.0524 e. The maximum Gasteiger partial charge on any atom is 0.0524 e. The van der Waals surface area contributed by atoms with Crippen molar-refractivity contribution in [2.75, 3.05) is 33.2 Å². The summed E-state index contributed by atoms with van der Waals surface area (Å²) in [6.07, 6.45) is 7.38. The van der Waals surface area contributed by atoms with Gasteiger partial charge in [0.1, 0.15) is 0 Å². The minimum absolute atomic E-state index is 0.183. The first kappa shape index (κ1) is 17.9. The van der Waals surface area contributed by atoms with E-state index in [1.165, 1.54) is 38.6 Å². The van der Waals surface area contributed by atoms with Gasteiger partial charge in [0.15, 0.2) is 0 Å². The first-order valence-electron chi connectivity index (χ1n) is 8.55. The Kier molecular flexibility index (Phi) is 8.08. The second kappa shape index (κ2) is 9.01. The Morgan fingerprint density at radius 1 is 1.45 bits per heavy atom. The first-order chi connectivity index (χ1) is 9.47. The molecule has 0 saturated heterocycles. The van der Waals surface area contributed by atoms with Gasteiger partial charge in [-0.25, -0.2) is 0 Å². The van der Waals surface area contributed by atoms with Crippen molar-refractivity contribution in [3.63, 3.8) is 0 Å². The molecule has 3 heteroatoms. The second-order valence-corrected chi connectivity index (χ2v) is 7.25. The van der Waals surface area contributed by atoms with E-state index in [9.17, 15) is 5.11 Å². The van der Waals surface area contributed by atoms with Crippen molar-refractivity contribution >= 4 is 0 Å². The highest BCUT2D eigenvalue weighted by Crippen LogP contribution is 2.39. The van der Waals surface area contributed by atoms with Crippen LogP contribution in [0.25, 0.3) is 0 Å². The normalized spacial score (nSPS) is 28.8. The van der Waals surface area contributed by atoms with Crippen LogP contribution in [0.15, 0.2) is 0 Å². The predicted molar refractivity (Wildman–Crippen MR) is 87.0 cm³/mol. The molecular weight excluding hydrogens is 248 g/mol. The lowest BCUT2D eigenvalue weighted by Gasteiger charge is -2.43. The molecule has 120 valence electrons. The number of nitrogens with one attached hydrogen (secondary N) is 1. The van der Waals surface area contributed by atoms with Crippen LogP contribution in [0.1, 0.15) is 59.3 Å². The average molecular weight is 284 g/mol.